The largest absolute Gasteiger partial charge is 0.338 e. The summed E-state index contributed by atoms with van der Waals surface area (Å²) in [6.07, 6.45) is 0. The summed E-state index contributed by atoms with van der Waals surface area (Å²) in [6.45, 7) is 3.42. The van der Waals surface area contributed by atoms with E-state index in [0.717, 1.165) is 0 Å². The molecular formula is C12H13FN2O2S. The number of halogens is 1. The van der Waals surface area contributed by atoms with Crippen molar-refractivity contribution in [1.29, 1.82) is 0 Å². The molecule has 1 aromatic heterocycles. The van der Waals surface area contributed by atoms with E-state index in [1.54, 1.807) is 32.0 Å². The normalized spacial score (nSPS) is 14.4. The van der Waals surface area contributed by atoms with Gasteiger partial charge in [-0.3, -0.25) is 4.21 Å². The first-order valence-corrected chi connectivity index (χ1v) is 6.87. The van der Waals surface area contributed by atoms with Gasteiger partial charge < -0.3 is 4.52 Å². The smallest absolute Gasteiger partial charge is 0.242 e. The highest BCUT2D eigenvalue weighted by Gasteiger charge is 2.20. The fraction of sp³-hybridized carbons (Fsp3) is 0.333. The Bertz CT molecular complexity index is 571. The van der Waals surface area contributed by atoms with Gasteiger partial charge in [-0.25, -0.2) is 4.39 Å². The molecule has 1 aromatic carbocycles. The monoisotopic (exact) mass is 268 g/mol. The van der Waals surface area contributed by atoms with Crippen LogP contribution in [-0.4, -0.2) is 14.3 Å². The summed E-state index contributed by atoms with van der Waals surface area (Å²) in [4.78, 5) is 4.03. The minimum atomic E-state index is -1.30. The Balaban J connectivity index is 2.11. The van der Waals surface area contributed by atoms with Crippen molar-refractivity contribution in [2.75, 3.05) is 0 Å². The highest BCUT2D eigenvalue weighted by atomic mass is 32.2. The quantitative estimate of drug-likeness (QED) is 0.855. The van der Waals surface area contributed by atoms with Gasteiger partial charge in [0.05, 0.1) is 5.75 Å². The molecule has 0 radical (unpaired) electrons. The van der Waals surface area contributed by atoms with Crippen molar-refractivity contribution < 1.29 is 13.1 Å². The minimum absolute atomic E-state index is 0.134. The van der Waals surface area contributed by atoms with E-state index in [0.29, 0.717) is 17.3 Å². The van der Waals surface area contributed by atoms with Crippen LogP contribution in [0.5, 0.6) is 0 Å². The minimum Gasteiger partial charge on any atom is -0.338 e. The van der Waals surface area contributed by atoms with Crippen LogP contribution in [0.1, 0.15) is 29.5 Å². The van der Waals surface area contributed by atoms with Crippen molar-refractivity contribution in [2.45, 2.75) is 24.9 Å². The van der Waals surface area contributed by atoms with Crippen molar-refractivity contribution in [3.63, 3.8) is 0 Å². The lowest BCUT2D eigenvalue weighted by Crippen LogP contribution is -2.07. The van der Waals surface area contributed by atoms with Crippen LogP contribution in [0.2, 0.25) is 0 Å². The average Bonchev–Trinajstić information content (AvgIpc) is 2.78. The highest BCUT2D eigenvalue weighted by molar-refractivity contribution is 7.84. The fourth-order valence-electron chi connectivity index (χ4n) is 1.48. The SMILES string of the molecule is Cc1noc(C(C)S(=O)Cc2ccccc2F)n1. The van der Waals surface area contributed by atoms with E-state index in [1.807, 2.05) is 0 Å². The molecule has 0 amide bonds. The van der Waals surface area contributed by atoms with Crippen LogP contribution in [0.15, 0.2) is 28.8 Å². The molecule has 1 heterocycles. The fourth-order valence-corrected chi connectivity index (χ4v) is 2.60. The molecule has 4 nitrogen and oxygen atoms in total. The van der Waals surface area contributed by atoms with E-state index in [9.17, 15) is 8.60 Å². The van der Waals surface area contributed by atoms with Crippen LogP contribution in [0.3, 0.4) is 0 Å². The molecule has 18 heavy (non-hydrogen) atoms. The molecule has 2 atom stereocenters. The Kier molecular flexibility index (Phi) is 3.86. The van der Waals surface area contributed by atoms with Crippen molar-refractivity contribution in [3.05, 3.63) is 47.4 Å². The first kappa shape index (κ1) is 12.9. The van der Waals surface area contributed by atoms with Crippen LogP contribution < -0.4 is 0 Å². The second-order valence-electron chi connectivity index (χ2n) is 3.94. The molecule has 2 aromatic rings. The van der Waals surface area contributed by atoms with E-state index in [-0.39, 0.29) is 11.6 Å². The Morgan fingerprint density at radius 1 is 1.44 bits per heavy atom. The summed E-state index contributed by atoms with van der Waals surface area (Å²) in [7, 11) is -1.30. The Morgan fingerprint density at radius 3 is 2.78 bits per heavy atom. The van der Waals surface area contributed by atoms with Crippen molar-refractivity contribution in [2.24, 2.45) is 0 Å². The van der Waals surface area contributed by atoms with Gasteiger partial charge in [0.1, 0.15) is 11.1 Å². The molecular weight excluding hydrogens is 255 g/mol. The molecule has 0 fully saturated rings. The van der Waals surface area contributed by atoms with Gasteiger partial charge in [0.2, 0.25) is 5.89 Å². The van der Waals surface area contributed by atoms with Gasteiger partial charge in [0.15, 0.2) is 5.82 Å². The molecule has 6 heteroatoms. The summed E-state index contributed by atoms with van der Waals surface area (Å²) in [6, 6.07) is 6.30. The van der Waals surface area contributed by atoms with Gasteiger partial charge in [-0.15, -0.1) is 0 Å². The third-order valence-electron chi connectivity index (χ3n) is 2.54. The van der Waals surface area contributed by atoms with Crippen LogP contribution in [0, 0.1) is 12.7 Å². The van der Waals surface area contributed by atoms with Gasteiger partial charge >= 0.3 is 0 Å². The molecule has 0 aliphatic rings. The maximum absolute atomic E-state index is 13.4. The number of hydrogen-bond donors (Lipinski definition) is 0. The van der Waals surface area contributed by atoms with Crippen LogP contribution >= 0.6 is 0 Å². The zero-order valence-corrected chi connectivity index (χ0v) is 10.9. The lowest BCUT2D eigenvalue weighted by atomic mass is 10.2. The summed E-state index contributed by atoms with van der Waals surface area (Å²) >= 11 is 0. The third kappa shape index (κ3) is 2.81. The van der Waals surface area contributed by atoms with Gasteiger partial charge in [-0.1, -0.05) is 23.4 Å². The van der Waals surface area contributed by atoms with Gasteiger partial charge in [-0.2, -0.15) is 4.98 Å². The van der Waals surface area contributed by atoms with Crippen LogP contribution in [0.4, 0.5) is 4.39 Å². The number of aromatic nitrogens is 2. The van der Waals surface area contributed by atoms with Crippen LogP contribution in [0.25, 0.3) is 0 Å². The highest BCUT2D eigenvalue weighted by Crippen LogP contribution is 2.21. The van der Waals surface area contributed by atoms with Crippen LogP contribution in [-0.2, 0) is 16.6 Å². The number of nitrogens with zero attached hydrogens (tertiary/aromatic N) is 2. The molecule has 0 bridgehead atoms. The van der Waals surface area contributed by atoms with Crippen molar-refractivity contribution >= 4 is 10.8 Å². The Labute approximate surface area is 107 Å². The van der Waals surface area contributed by atoms with E-state index >= 15 is 0 Å². The lowest BCUT2D eigenvalue weighted by molar-refractivity contribution is 0.375. The maximum Gasteiger partial charge on any atom is 0.242 e. The summed E-state index contributed by atoms with van der Waals surface area (Å²) in [5, 5.41) is 3.24. The average molecular weight is 268 g/mol. The summed E-state index contributed by atoms with van der Waals surface area (Å²) < 4.78 is 30.5. The molecule has 0 N–H and O–H groups in total. The first-order valence-electron chi connectivity index (χ1n) is 5.48. The number of hydrogen-bond acceptors (Lipinski definition) is 4. The molecule has 2 unspecified atom stereocenters. The Hall–Kier alpha value is -1.56. The second kappa shape index (κ2) is 5.39. The van der Waals surface area contributed by atoms with Crippen molar-refractivity contribution in [1.82, 2.24) is 10.1 Å². The standard InChI is InChI=1S/C12H13FN2O2S/c1-8(12-14-9(2)15-17-12)18(16)7-10-5-3-4-6-11(10)13/h3-6,8H,7H2,1-2H3. The van der Waals surface area contributed by atoms with E-state index in [4.69, 9.17) is 4.52 Å². The Morgan fingerprint density at radius 2 is 2.17 bits per heavy atom. The predicted octanol–water partition coefficient (Wildman–Crippen LogP) is 2.53. The van der Waals surface area contributed by atoms with E-state index < -0.39 is 16.0 Å². The third-order valence-corrected chi connectivity index (χ3v) is 4.13. The van der Waals surface area contributed by atoms with Gasteiger partial charge in [0, 0.05) is 16.4 Å². The number of aryl methyl sites for hydroxylation is 1. The van der Waals surface area contributed by atoms with Crippen molar-refractivity contribution in [3.8, 4) is 0 Å². The summed E-state index contributed by atoms with van der Waals surface area (Å²) in [5.74, 6) is 0.608. The number of rotatable bonds is 4. The molecule has 0 aliphatic heterocycles. The van der Waals surface area contributed by atoms with E-state index in [2.05, 4.69) is 10.1 Å². The lowest BCUT2D eigenvalue weighted by Gasteiger charge is -2.07. The summed E-state index contributed by atoms with van der Waals surface area (Å²) in [5.41, 5.74) is 0.430. The maximum atomic E-state index is 13.4. The topological polar surface area (TPSA) is 56.0 Å². The molecule has 2 rings (SSSR count). The molecule has 0 aliphatic carbocycles. The van der Waals surface area contributed by atoms with E-state index in [1.165, 1.54) is 6.07 Å². The predicted molar refractivity (Wildman–Crippen MR) is 65.7 cm³/mol. The molecule has 0 saturated carbocycles. The zero-order valence-electron chi connectivity index (χ0n) is 10.1. The molecule has 0 spiro atoms. The molecule has 0 saturated heterocycles. The second-order valence-corrected chi connectivity index (χ2v) is 5.70. The molecule has 96 valence electrons. The van der Waals surface area contributed by atoms with Gasteiger partial charge in [0.25, 0.3) is 0 Å². The zero-order chi connectivity index (χ0) is 13.1. The number of benzene rings is 1. The first-order chi connectivity index (χ1) is 8.58. The van der Waals surface area contributed by atoms with Gasteiger partial charge in [-0.05, 0) is 19.9 Å².